The fraction of sp³-hybridized carbons (Fsp3) is 0.100. The Morgan fingerprint density at radius 3 is 2.88 bits per heavy atom. The second kappa shape index (κ2) is 5.26. The molecule has 2 rings (SSSR count). The second-order valence-electron chi connectivity index (χ2n) is 3.26. The van der Waals surface area contributed by atoms with Crippen molar-refractivity contribution in [3.05, 3.63) is 45.3 Å². The largest absolute Gasteiger partial charge is 0.248 e. The summed E-state index contributed by atoms with van der Waals surface area (Å²) in [6.07, 6.45) is 0. The van der Waals surface area contributed by atoms with Gasteiger partial charge in [0.15, 0.2) is 0 Å². The number of nitrogens with one attached hydrogen (secondary N) is 1. The topological polar surface area (TPSA) is 59.1 Å². The van der Waals surface area contributed by atoms with Crippen LogP contribution < -0.4 is 4.72 Å². The average Bonchev–Trinajstić information content (AvgIpc) is 2.79. The molecule has 1 aromatic carbocycles. The summed E-state index contributed by atoms with van der Waals surface area (Å²) in [4.78, 5) is 4.25. The summed E-state index contributed by atoms with van der Waals surface area (Å²) in [5, 5.41) is 1.81. The molecule has 0 atom stereocenters. The molecule has 0 radical (unpaired) electrons. The van der Waals surface area contributed by atoms with E-state index >= 15 is 0 Å². The zero-order chi connectivity index (χ0) is 12.3. The number of hydrogen-bond donors (Lipinski definition) is 1. The number of benzene rings is 1. The molecule has 0 aliphatic heterocycles. The van der Waals surface area contributed by atoms with Crippen molar-refractivity contribution in [3.63, 3.8) is 0 Å². The number of rotatable bonds is 4. The zero-order valence-corrected chi connectivity index (χ0v) is 11.8. The van der Waals surface area contributed by atoms with Crippen molar-refractivity contribution in [3.8, 4) is 0 Å². The van der Waals surface area contributed by atoms with Crippen LogP contribution in [0.4, 0.5) is 0 Å². The van der Waals surface area contributed by atoms with Gasteiger partial charge in [-0.1, -0.05) is 22.0 Å². The molecule has 0 fully saturated rings. The molecule has 90 valence electrons. The number of hydrogen-bond acceptors (Lipinski definition) is 4. The molecule has 4 nitrogen and oxygen atoms in total. The van der Waals surface area contributed by atoms with E-state index in [-0.39, 0.29) is 11.4 Å². The molecule has 0 aliphatic rings. The third-order valence-electron chi connectivity index (χ3n) is 2.03. The van der Waals surface area contributed by atoms with E-state index in [1.165, 1.54) is 11.3 Å². The lowest BCUT2D eigenvalue weighted by molar-refractivity contribution is 0.580. The first kappa shape index (κ1) is 12.7. The van der Waals surface area contributed by atoms with E-state index in [9.17, 15) is 8.42 Å². The third kappa shape index (κ3) is 3.35. The van der Waals surface area contributed by atoms with Crippen molar-refractivity contribution in [2.75, 3.05) is 0 Å². The normalized spacial score (nSPS) is 11.6. The summed E-state index contributed by atoms with van der Waals surface area (Å²) in [6.45, 7) is 0.207. The molecule has 0 bridgehead atoms. The van der Waals surface area contributed by atoms with Crippen LogP contribution >= 0.6 is 27.3 Å². The fourth-order valence-electron chi connectivity index (χ4n) is 1.21. The van der Waals surface area contributed by atoms with Gasteiger partial charge in [-0.15, -0.1) is 11.3 Å². The Balaban J connectivity index is 2.14. The average molecular weight is 333 g/mol. The van der Waals surface area contributed by atoms with Crippen LogP contribution in [0.15, 0.2) is 44.5 Å². The summed E-state index contributed by atoms with van der Waals surface area (Å²) in [6, 6.07) is 6.57. The van der Waals surface area contributed by atoms with Crippen molar-refractivity contribution in [1.82, 2.24) is 9.71 Å². The van der Waals surface area contributed by atoms with Crippen LogP contribution in [0, 0.1) is 0 Å². The van der Waals surface area contributed by atoms with E-state index in [4.69, 9.17) is 0 Å². The zero-order valence-electron chi connectivity index (χ0n) is 8.63. The first-order chi connectivity index (χ1) is 8.08. The smallest absolute Gasteiger partial charge is 0.240 e. The van der Waals surface area contributed by atoms with Crippen LogP contribution in [0.1, 0.15) is 5.69 Å². The Morgan fingerprint density at radius 2 is 2.24 bits per heavy atom. The summed E-state index contributed by atoms with van der Waals surface area (Å²) in [5.41, 5.74) is 2.39. The highest BCUT2D eigenvalue weighted by atomic mass is 79.9. The molecule has 17 heavy (non-hydrogen) atoms. The van der Waals surface area contributed by atoms with Crippen molar-refractivity contribution in [1.29, 1.82) is 0 Å². The predicted molar refractivity (Wildman–Crippen MR) is 70.3 cm³/mol. The van der Waals surface area contributed by atoms with Gasteiger partial charge >= 0.3 is 0 Å². The van der Waals surface area contributed by atoms with E-state index in [1.807, 2.05) is 5.38 Å². The lowest BCUT2D eigenvalue weighted by Gasteiger charge is -2.05. The number of sulfonamides is 1. The molecule has 1 aromatic heterocycles. The molecule has 0 spiro atoms. The quantitative estimate of drug-likeness (QED) is 0.935. The standard InChI is InChI=1S/C10H9BrN2O2S2/c11-8-2-1-3-10(4-8)17(14,15)13-5-9-6-16-7-12-9/h1-4,6-7,13H,5H2. The maximum atomic E-state index is 11.9. The first-order valence-corrected chi connectivity index (χ1v) is 7.92. The molecule has 1 N–H and O–H groups in total. The summed E-state index contributed by atoms with van der Waals surface area (Å²) >= 11 is 4.68. The summed E-state index contributed by atoms with van der Waals surface area (Å²) in [5.74, 6) is 0. The Labute approximate surface area is 112 Å². The maximum absolute atomic E-state index is 11.9. The van der Waals surface area contributed by atoms with Crippen molar-refractivity contribution in [2.24, 2.45) is 0 Å². The van der Waals surface area contributed by atoms with Crippen LogP contribution in [0.3, 0.4) is 0 Å². The monoisotopic (exact) mass is 332 g/mol. The molecule has 0 unspecified atom stereocenters. The molecular weight excluding hydrogens is 324 g/mol. The molecule has 0 saturated heterocycles. The minimum atomic E-state index is -3.47. The second-order valence-corrected chi connectivity index (χ2v) is 6.66. The Morgan fingerprint density at radius 1 is 1.41 bits per heavy atom. The van der Waals surface area contributed by atoms with Gasteiger partial charge in [0.05, 0.1) is 22.6 Å². The van der Waals surface area contributed by atoms with E-state index in [0.29, 0.717) is 5.69 Å². The Bertz CT molecular complexity index is 597. The van der Waals surface area contributed by atoms with Gasteiger partial charge in [0.2, 0.25) is 10.0 Å². The van der Waals surface area contributed by atoms with Gasteiger partial charge in [0, 0.05) is 9.85 Å². The molecule has 1 heterocycles. The van der Waals surface area contributed by atoms with Gasteiger partial charge in [-0.05, 0) is 18.2 Å². The van der Waals surface area contributed by atoms with E-state index in [2.05, 4.69) is 25.6 Å². The van der Waals surface area contributed by atoms with Crippen LogP contribution in [0.5, 0.6) is 0 Å². The van der Waals surface area contributed by atoms with E-state index < -0.39 is 10.0 Å². The van der Waals surface area contributed by atoms with Gasteiger partial charge < -0.3 is 0 Å². The third-order valence-corrected chi connectivity index (χ3v) is 4.56. The van der Waals surface area contributed by atoms with Crippen molar-refractivity contribution < 1.29 is 8.42 Å². The molecule has 2 aromatic rings. The van der Waals surface area contributed by atoms with E-state index in [0.717, 1.165) is 4.47 Å². The summed E-state index contributed by atoms with van der Waals surface area (Å²) < 4.78 is 27.1. The Kier molecular flexibility index (Phi) is 3.93. The first-order valence-electron chi connectivity index (χ1n) is 4.70. The summed E-state index contributed by atoms with van der Waals surface area (Å²) in [7, 11) is -3.47. The molecule has 0 amide bonds. The van der Waals surface area contributed by atoms with Gasteiger partial charge in [0.1, 0.15) is 0 Å². The highest BCUT2D eigenvalue weighted by molar-refractivity contribution is 9.10. The molecular formula is C10H9BrN2O2S2. The number of thiazole rings is 1. The minimum Gasteiger partial charge on any atom is -0.248 e. The van der Waals surface area contributed by atoms with E-state index in [1.54, 1.807) is 29.8 Å². The highest BCUT2D eigenvalue weighted by Crippen LogP contribution is 2.16. The SMILES string of the molecule is O=S(=O)(NCc1cscn1)c1cccc(Br)c1. The fourth-order valence-corrected chi connectivity index (χ4v) is 3.36. The minimum absolute atomic E-state index is 0.207. The Hall–Kier alpha value is -0.760. The van der Waals surface area contributed by atoms with Crippen molar-refractivity contribution >= 4 is 37.3 Å². The lowest BCUT2D eigenvalue weighted by Crippen LogP contribution is -2.23. The van der Waals surface area contributed by atoms with Gasteiger partial charge in [-0.3, -0.25) is 0 Å². The van der Waals surface area contributed by atoms with Crippen LogP contribution in [-0.4, -0.2) is 13.4 Å². The number of nitrogens with zero attached hydrogens (tertiary/aromatic N) is 1. The molecule has 7 heteroatoms. The van der Waals surface area contributed by atoms with Crippen LogP contribution in [0.2, 0.25) is 0 Å². The van der Waals surface area contributed by atoms with Gasteiger partial charge in [0.25, 0.3) is 0 Å². The van der Waals surface area contributed by atoms with Crippen LogP contribution in [-0.2, 0) is 16.6 Å². The van der Waals surface area contributed by atoms with Gasteiger partial charge in [-0.25, -0.2) is 18.1 Å². The number of halogens is 1. The molecule has 0 saturated carbocycles. The number of aromatic nitrogens is 1. The maximum Gasteiger partial charge on any atom is 0.240 e. The predicted octanol–water partition coefficient (Wildman–Crippen LogP) is 2.38. The van der Waals surface area contributed by atoms with Crippen LogP contribution in [0.25, 0.3) is 0 Å². The lowest BCUT2D eigenvalue weighted by atomic mass is 10.4. The van der Waals surface area contributed by atoms with Gasteiger partial charge in [-0.2, -0.15) is 0 Å². The highest BCUT2D eigenvalue weighted by Gasteiger charge is 2.13. The molecule has 0 aliphatic carbocycles. The van der Waals surface area contributed by atoms with Crippen molar-refractivity contribution in [2.45, 2.75) is 11.4 Å².